The van der Waals surface area contributed by atoms with E-state index in [1.54, 1.807) is 30.6 Å². The number of halogens is 1. The highest BCUT2D eigenvalue weighted by Crippen LogP contribution is 2.47. The summed E-state index contributed by atoms with van der Waals surface area (Å²) in [5.74, 6) is -1.49. The SMILES string of the molecule is C=CC(NC(C)=O)C1CCc2c(C)c(F)cc3nc4c(c1c23)Cn1c-4cc2c(c1=O)COC(=O)[C@]2(O)CC. The van der Waals surface area contributed by atoms with Crippen molar-refractivity contribution in [2.45, 2.75) is 70.7 Å². The molecule has 3 atom stereocenters. The third kappa shape index (κ3) is 3.17. The van der Waals surface area contributed by atoms with Gasteiger partial charge in [-0.2, -0.15) is 0 Å². The van der Waals surface area contributed by atoms with Gasteiger partial charge in [-0.15, -0.1) is 6.58 Å². The summed E-state index contributed by atoms with van der Waals surface area (Å²) in [5, 5.41) is 15.0. The molecule has 0 bridgehead atoms. The van der Waals surface area contributed by atoms with Gasteiger partial charge in [0.1, 0.15) is 12.4 Å². The number of aliphatic hydroxyl groups is 1. The lowest BCUT2D eigenvalue weighted by atomic mass is 9.75. The number of amides is 1. The first kappa shape index (κ1) is 24.5. The number of aromatic nitrogens is 2. The molecule has 4 heterocycles. The van der Waals surface area contributed by atoms with Crippen molar-refractivity contribution in [1.82, 2.24) is 14.9 Å². The molecule has 1 aliphatic carbocycles. The molecule has 38 heavy (non-hydrogen) atoms. The fourth-order valence-corrected chi connectivity index (χ4v) is 6.51. The Bertz CT molecular complexity index is 1660. The number of carbonyl (C=O) groups is 2. The van der Waals surface area contributed by atoms with Crippen LogP contribution in [0.5, 0.6) is 0 Å². The molecule has 1 aromatic carbocycles. The summed E-state index contributed by atoms with van der Waals surface area (Å²) >= 11 is 0. The van der Waals surface area contributed by atoms with E-state index >= 15 is 4.39 Å². The van der Waals surface area contributed by atoms with E-state index in [1.807, 2.05) is 0 Å². The number of pyridine rings is 2. The second kappa shape index (κ2) is 8.33. The minimum absolute atomic E-state index is 0.0403. The van der Waals surface area contributed by atoms with E-state index in [9.17, 15) is 19.5 Å². The molecule has 3 aliphatic rings. The summed E-state index contributed by atoms with van der Waals surface area (Å²) < 4.78 is 21.8. The number of carbonyl (C=O) groups excluding carboxylic acids is 2. The number of ether oxygens (including phenoxy) is 1. The Morgan fingerprint density at radius 3 is 2.82 bits per heavy atom. The van der Waals surface area contributed by atoms with Crippen molar-refractivity contribution in [3.8, 4) is 11.4 Å². The van der Waals surface area contributed by atoms with E-state index < -0.39 is 11.6 Å². The molecule has 0 saturated carbocycles. The van der Waals surface area contributed by atoms with Gasteiger partial charge < -0.3 is 19.7 Å². The van der Waals surface area contributed by atoms with Gasteiger partial charge in [0, 0.05) is 35.4 Å². The molecule has 8 nitrogen and oxygen atoms in total. The van der Waals surface area contributed by atoms with E-state index in [-0.39, 0.29) is 59.9 Å². The Balaban J connectivity index is 1.67. The molecule has 2 unspecified atom stereocenters. The van der Waals surface area contributed by atoms with E-state index in [0.717, 1.165) is 22.1 Å². The van der Waals surface area contributed by atoms with Crippen LogP contribution >= 0.6 is 0 Å². The normalized spacial score (nSPS) is 21.8. The molecule has 0 radical (unpaired) electrons. The van der Waals surface area contributed by atoms with Crippen LogP contribution in [0.4, 0.5) is 4.39 Å². The number of hydrogen-bond acceptors (Lipinski definition) is 6. The molecular formula is C29H28FN3O5. The lowest BCUT2D eigenvalue weighted by molar-refractivity contribution is -0.172. The van der Waals surface area contributed by atoms with E-state index in [2.05, 4.69) is 11.9 Å². The third-order valence-electron chi connectivity index (χ3n) is 8.48. The first-order valence-corrected chi connectivity index (χ1v) is 12.8. The van der Waals surface area contributed by atoms with Crippen molar-refractivity contribution >= 4 is 22.8 Å². The van der Waals surface area contributed by atoms with Crippen LogP contribution < -0.4 is 10.9 Å². The van der Waals surface area contributed by atoms with E-state index in [4.69, 9.17) is 9.72 Å². The Labute approximate surface area is 218 Å². The highest BCUT2D eigenvalue weighted by molar-refractivity contribution is 5.93. The highest BCUT2D eigenvalue weighted by atomic mass is 19.1. The van der Waals surface area contributed by atoms with Crippen LogP contribution in [-0.4, -0.2) is 32.6 Å². The molecular weight excluding hydrogens is 489 g/mol. The largest absolute Gasteiger partial charge is 0.458 e. The lowest BCUT2D eigenvalue weighted by Crippen LogP contribution is -2.44. The average Bonchev–Trinajstić information content (AvgIpc) is 3.27. The average molecular weight is 518 g/mol. The second-order valence-electron chi connectivity index (χ2n) is 10.4. The van der Waals surface area contributed by atoms with Crippen LogP contribution in [0.3, 0.4) is 0 Å². The zero-order chi connectivity index (χ0) is 27.1. The molecule has 0 spiro atoms. The Hall–Kier alpha value is -3.85. The standard InChI is InChI=1S/C29H28FN3O5/c1-5-21(31-14(4)34)16-8-7-15-13(3)20(30)10-22-25(15)24(16)17-11-33-23(26(17)32-22)9-19-18(27(33)35)12-38-28(36)29(19,37)6-2/h5,9-10,16,21,37H,1,6-8,11-12H2,2-4H3,(H,31,34)/t16?,21?,29-/m0/s1. The van der Waals surface area contributed by atoms with Crippen molar-refractivity contribution < 1.29 is 23.8 Å². The zero-order valence-corrected chi connectivity index (χ0v) is 21.5. The number of fused-ring (bicyclic) bond motifs is 5. The molecule has 3 aromatic rings. The molecule has 2 aromatic heterocycles. The number of aryl methyl sites for hydroxylation is 1. The molecule has 0 fully saturated rings. The minimum Gasteiger partial charge on any atom is -0.458 e. The Kier molecular flexibility index (Phi) is 5.36. The van der Waals surface area contributed by atoms with Crippen molar-refractivity contribution in [3.05, 3.63) is 74.3 Å². The predicted molar refractivity (Wildman–Crippen MR) is 138 cm³/mol. The van der Waals surface area contributed by atoms with Crippen LogP contribution in [0.2, 0.25) is 0 Å². The van der Waals surface area contributed by atoms with E-state index in [0.29, 0.717) is 35.3 Å². The smallest absolute Gasteiger partial charge is 0.343 e. The Morgan fingerprint density at radius 1 is 1.37 bits per heavy atom. The lowest BCUT2D eigenvalue weighted by Gasteiger charge is -2.33. The highest BCUT2D eigenvalue weighted by Gasteiger charge is 2.46. The molecule has 2 aliphatic heterocycles. The van der Waals surface area contributed by atoms with Gasteiger partial charge in [-0.3, -0.25) is 9.59 Å². The number of nitrogens with one attached hydrogen (secondary N) is 1. The van der Waals surface area contributed by atoms with Crippen LogP contribution in [0, 0.1) is 12.7 Å². The van der Waals surface area contributed by atoms with E-state index in [1.165, 1.54) is 13.0 Å². The van der Waals surface area contributed by atoms with Crippen molar-refractivity contribution in [1.29, 1.82) is 0 Å². The number of cyclic esters (lactones) is 1. The Morgan fingerprint density at radius 2 is 2.13 bits per heavy atom. The molecule has 196 valence electrons. The molecule has 1 amide bonds. The van der Waals surface area contributed by atoms with Gasteiger partial charge in [0.15, 0.2) is 5.60 Å². The summed E-state index contributed by atoms with van der Waals surface area (Å²) in [4.78, 5) is 43.1. The first-order chi connectivity index (χ1) is 18.1. The summed E-state index contributed by atoms with van der Waals surface area (Å²) in [6.45, 7) is 8.83. The van der Waals surface area contributed by atoms with Crippen molar-refractivity contribution in [3.63, 3.8) is 0 Å². The number of rotatable bonds is 4. The molecule has 9 heteroatoms. The number of benzene rings is 1. The number of nitrogens with zero attached hydrogens (tertiary/aromatic N) is 2. The summed E-state index contributed by atoms with van der Waals surface area (Å²) in [7, 11) is 0. The van der Waals surface area contributed by atoms with Gasteiger partial charge in [-0.05, 0) is 48.9 Å². The fourth-order valence-electron chi connectivity index (χ4n) is 6.51. The van der Waals surface area contributed by atoms with Crippen LogP contribution in [-0.2, 0) is 39.5 Å². The minimum atomic E-state index is -1.94. The second-order valence-corrected chi connectivity index (χ2v) is 10.4. The quantitative estimate of drug-likeness (QED) is 0.318. The van der Waals surface area contributed by atoms with Crippen LogP contribution in [0.1, 0.15) is 66.0 Å². The van der Waals surface area contributed by atoms with Crippen molar-refractivity contribution in [2.75, 3.05) is 0 Å². The molecule has 0 saturated heterocycles. The maximum atomic E-state index is 15.0. The van der Waals surface area contributed by atoms with Crippen molar-refractivity contribution in [2.24, 2.45) is 0 Å². The monoisotopic (exact) mass is 517 g/mol. The van der Waals surface area contributed by atoms with Crippen LogP contribution in [0.15, 0.2) is 29.6 Å². The van der Waals surface area contributed by atoms with Gasteiger partial charge in [-0.25, -0.2) is 14.2 Å². The zero-order valence-electron chi connectivity index (χ0n) is 21.5. The van der Waals surface area contributed by atoms with Gasteiger partial charge in [0.05, 0.1) is 35.1 Å². The van der Waals surface area contributed by atoms with Crippen LogP contribution in [0.25, 0.3) is 22.3 Å². The van der Waals surface area contributed by atoms with Gasteiger partial charge in [-0.1, -0.05) is 13.0 Å². The summed E-state index contributed by atoms with van der Waals surface area (Å²) in [6, 6.07) is 2.70. The summed E-state index contributed by atoms with van der Waals surface area (Å²) in [5.41, 5.74) is 2.81. The predicted octanol–water partition coefficient (Wildman–Crippen LogP) is 3.25. The maximum Gasteiger partial charge on any atom is 0.343 e. The topological polar surface area (TPSA) is 111 Å². The van der Waals surface area contributed by atoms with Gasteiger partial charge in [0.25, 0.3) is 5.56 Å². The fraction of sp³-hybridized carbons (Fsp3) is 0.379. The molecule has 2 N–H and O–H groups in total. The van der Waals surface area contributed by atoms with Gasteiger partial charge >= 0.3 is 5.97 Å². The number of hydrogen-bond donors (Lipinski definition) is 2. The maximum absolute atomic E-state index is 15.0. The third-order valence-corrected chi connectivity index (χ3v) is 8.48. The number of esters is 1. The molecule has 6 rings (SSSR count). The summed E-state index contributed by atoms with van der Waals surface area (Å²) in [6.07, 6.45) is 3.02. The van der Waals surface area contributed by atoms with Gasteiger partial charge in [0.2, 0.25) is 5.91 Å². The first-order valence-electron chi connectivity index (χ1n) is 12.8.